The lowest BCUT2D eigenvalue weighted by Crippen LogP contribution is -2.53. The van der Waals surface area contributed by atoms with E-state index in [0.29, 0.717) is 23.1 Å². The number of allylic oxidation sites excluding steroid dienone is 2. The fourth-order valence-corrected chi connectivity index (χ4v) is 8.81. The van der Waals surface area contributed by atoms with Gasteiger partial charge in [0, 0.05) is 18.4 Å². The van der Waals surface area contributed by atoms with Crippen LogP contribution in [0.15, 0.2) is 103 Å². The van der Waals surface area contributed by atoms with E-state index in [1.54, 1.807) is 6.07 Å². The molecule has 1 saturated carbocycles. The quantitative estimate of drug-likeness (QED) is 0.234. The Balaban J connectivity index is 1.41. The number of hydrogen-bond acceptors (Lipinski definition) is 6. The molecule has 3 fully saturated rings. The van der Waals surface area contributed by atoms with Gasteiger partial charge in [-0.3, -0.25) is 29.5 Å². The van der Waals surface area contributed by atoms with Gasteiger partial charge in [-0.1, -0.05) is 90.0 Å². The Bertz CT molecular complexity index is 1990. The third-order valence-electron chi connectivity index (χ3n) is 10.9. The molecule has 230 valence electrons. The number of anilines is 1. The monoisotopic (exact) mass is 611 g/mol. The summed E-state index contributed by atoms with van der Waals surface area (Å²) < 4.78 is 0. The summed E-state index contributed by atoms with van der Waals surface area (Å²) in [5, 5.41) is 13.5. The van der Waals surface area contributed by atoms with Crippen LogP contribution in [-0.4, -0.2) is 45.7 Å². The van der Waals surface area contributed by atoms with Crippen molar-refractivity contribution in [2.45, 2.75) is 31.1 Å². The molecule has 8 rings (SSSR count). The number of aromatic hydroxyl groups is 1. The summed E-state index contributed by atoms with van der Waals surface area (Å²) in [5.41, 5.74) is 5.82. The number of hydrazine groups is 1. The molecular formula is C38H33N3O5. The minimum Gasteiger partial charge on any atom is -0.507 e. The number of benzene rings is 4. The van der Waals surface area contributed by atoms with Crippen molar-refractivity contribution < 1.29 is 24.3 Å². The smallest absolute Gasteiger partial charge is 0.260 e. The Labute approximate surface area is 266 Å². The number of phenolic OH excluding ortho intramolecular Hbond substituents is 1. The van der Waals surface area contributed by atoms with Crippen molar-refractivity contribution in [3.8, 4) is 5.75 Å². The summed E-state index contributed by atoms with van der Waals surface area (Å²) in [4.78, 5) is 58.1. The third-order valence-corrected chi connectivity index (χ3v) is 10.9. The van der Waals surface area contributed by atoms with Gasteiger partial charge in [-0.2, -0.15) is 5.01 Å². The van der Waals surface area contributed by atoms with Gasteiger partial charge in [0.25, 0.3) is 11.8 Å². The lowest BCUT2D eigenvalue weighted by atomic mass is 9.49. The molecule has 0 radical (unpaired) electrons. The molecule has 6 atom stereocenters. The molecule has 4 aliphatic rings. The van der Waals surface area contributed by atoms with Crippen molar-refractivity contribution in [1.29, 1.82) is 0 Å². The number of hydrogen-bond donors (Lipinski definition) is 2. The fraction of sp³-hybridized carbons (Fsp3) is 0.263. The van der Waals surface area contributed by atoms with E-state index >= 15 is 4.79 Å². The maximum Gasteiger partial charge on any atom is 0.260 e. The Morgan fingerprint density at radius 1 is 0.783 bits per heavy atom. The average molecular weight is 612 g/mol. The number of imide groups is 2. The first kappa shape index (κ1) is 28.2. The number of rotatable bonds is 4. The second-order valence-electron chi connectivity index (χ2n) is 13.0. The number of carbonyl (C=O) groups excluding carboxylic acids is 4. The second kappa shape index (κ2) is 10.1. The van der Waals surface area contributed by atoms with Gasteiger partial charge in [0.05, 0.1) is 28.9 Å². The molecule has 4 aromatic rings. The van der Waals surface area contributed by atoms with Crippen LogP contribution in [0.25, 0.3) is 10.8 Å². The zero-order chi connectivity index (χ0) is 31.9. The van der Waals surface area contributed by atoms with Crippen LogP contribution in [0.3, 0.4) is 0 Å². The molecule has 4 amide bonds. The van der Waals surface area contributed by atoms with Crippen LogP contribution in [0, 0.1) is 30.6 Å². The number of nitrogens with zero attached hydrogens (tertiary/aromatic N) is 2. The molecule has 46 heavy (non-hydrogen) atoms. The normalized spacial score (nSPS) is 28.7. The summed E-state index contributed by atoms with van der Waals surface area (Å²) in [6, 6.07) is 28.0. The van der Waals surface area contributed by atoms with Crippen molar-refractivity contribution >= 4 is 40.1 Å². The number of amides is 4. The number of phenols is 1. The molecule has 4 aromatic carbocycles. The first-order valence-electron chi connectivity index (χ1n) is 15.7. The first-order valence-corrected chi connectivity index (χ1v) is 15.7. The zero-order valence-corrected chi connectivity index (χ0v) is 25.5. The van der Waals surface area contributed by atoms with Gasteiger partial charge in [0.2, 0.25) is 11.8 Å². The number of carbonyl (C=O) groups is 4. The van der Waals surface area contributed by atoms with Crippen LogP contribution in [-0.2, 0) is 24.6 Å². The van der Waals surface area contributed by atoms with Crippen LogP contribution >= 0.6 is 0 Å². The molecule has 2 saturated heterocycles. The van der Waals surface area contributed by atoms with E-state index in [1.807, 2.05) is 91.9 Å². The molecule has 0 unspecified atom stereocenters. The van der Waals surface area contributed by atoms with Gasteiger partial charge < -0.3 is 5.11 Å². The molecule has 2 N–H and O–H groups in total. The lowest BCUT2D eigenvalue weighted by Gasteiger charge is -2.51. The van der Waals surface area contributed by atoms with E-state index in [0.717, 1.165) is 22.1 Å². The van der Waals surface area contributed by atoms with Crippen LogP contribution < -0.4 is 5.43 Å². The van der Waals surface area contributed by atoms with Crippen LogP contribution in [0.2, 0.25) is 0 Å². The molecule has 2 heterocycles. The fourth-order valence-electron chi connectivity index (χ4n) is 8.81. The molecule has 0 spiro atoms. The van der Waals surface area contributed by atoms with Crippen molar-refractivity contribution in [2.24, 2.45) is 23.7 Å². The Kier molecular flexibility index (Phi) is 6.23. The summed E-state index contributed by atoms with van der Waals surface area (Å²) in [5.74, 6) is -4.07. The topological polar surface area (TPSA) is 107 Å². The van der Waals surface area contributed by atoms with Crippen molar-refractivity contribution in [3.05, 3.63) is 119 Å². The maximum atomic E-state index is 15.2. The molecular weight excluding hydrogens is 578 g/mol. The molecule has 8 heteroatoms. The summed E-state index contributed by atoms with van der Waals surface area (Å²) in [6.07, 6.45) is 2.68. The van der Waals surface area contributed by atoms with E-state index < -0.39 is 35.0 Å². The average Bonchev–Trinajstić information content (AvgIpc) is 3.43. The molecule has 8 nitrogen and oxygen atoms in total. The van der Waals surface area contributed by atoms with E-state index in [1.165, 1.54) is 17.0 Å². The predicted octanol–water partition coefficient (Wildman–Crippen LogP) is 5.47. The number of likely N-dealkylation sites (tertiary alicyclic amines) is 1. The van der Waals surface area contributed by atoms with Gasteiger partial charge in [0.15, 0.2) is 0 Å². The highest BCUT2D eigenvalue weighted by molar-refractivity contribution is 6.13. The number of aryl methyl sites for hydroxylation is 1. The molecule has 0 aromatic heterocycles. The Hall–Kier alpha value is -5.24. The molecule has 2 aliphatic heterocycles. The van der Waals surface area contributed by atoms with Gasteiger partial charge >= 0.3 is 0 Å². The van der Waals surface area contributed by atoms with Gasteiger partial charge in [0.1, 0.15) is 5.75 Å². The van der Waals surface area contributed by atoms with Crippen molar-refractivity contribution in [1.82, 2.24) is 9.91 Å². The Morgan fingerprint density at radius 2 is 1.48 bits per heavy atom. The predicted molar refractivity (Wildman–Crippen MR) is 172 cm³/mol. The highest BCUT2D eigenvalue weighted by atomic mass is 16.3. The summed E-state index contributed by atoms with van der Waals surface area (Å²) in [6.45, 7) is 1.97. The van der Waals surface area contributed by atoms with Crippen LogP contribution in [0.5, 0.6) is 5.75 Å². The SMILES string of the molecule is Cc1ccc(NN2C(=O)[C@@H]3C[C@@H]4C(=CC[C@@H]5C(=O)N(C)C(=O)[C@@H]54)[C@H](c4ccc(O)c5ccccc45)[C@]3(c3ccccc3)C2=O)cc1. The van der Waals surface area contributed by atoms with Crippen LogP contribution in [0.4, 0.5) is 5.69 Å². The van der Waals surface area contributed by atoms with Gasteiger partial charge in [-0.05, 0) is 60.4 Å². The number of nitrogens with one attached hydrogen (secondary N) is 1. The van der Waals surface area contributed by atoms with E-state index in [9.17, 15) is 19.5 Å². The van der Waals surface area contributed by atoms with Gasteiger partial charge in [-0.25, -0.2) is 0 Å². The van der Waals surface area contributed by atoms with E-state index in [4.69, 9.17) is 0 Å². The maximum absolute atomic E-state index is 15.2. The first-order chi connectivity index (χ1) is 22.2. The highest BCUT2D eigenvalue weighted by Crippen LogP contribution is 2.64. The van der Waals surface area contributed by atoms with E-state index in [2.05, 4.69) is 11.5 Å². The summed E-state index contributed by atoms with van der Waals surface area (Å²) in [7, 11) is 1.53. The minimum atomic E-state index is -1.36. The summed E-state index contributed by atoms with van der Waals surface area (Å²) >= 11 is 0. The largest absolute Gasteiger partial charge is 0.507 e. The zero-order valence-electron chi connectivity index (χ0n) is 25.5. The lowest BCUT2D eigenvalue weighted by molar-refractivity contribution is -0.140. The molecule has 2 aliphatic carbocycles. The third kappa shape index (κ3) is 3.73. The molecule has 0 bridgehead atoms. The van der Waals surface area contributed by atoms with Gasteiger partial charge in [-0.15, -0.1) is 0 Å². The van der Waals surface area contributed by atoms with Crippen LogP contribution in [0.1, 0.15) is 35.4 Å². The highest BCUT2D eigenvalue weighted by Gasteiger charge is 2.70. The minimum absolute atomic E-state index is 0.115. The van der Waals surface area contributed by atoms with Crippen molar-refractivity contribution in [3.63, 3.8) is 0 Å². The standard InChI is InChI=1S/C38H33N3O5/c1-21-12-14-23(15-13-21)39-41-35(44)30-20-29-27(16-17-28-32(29)36(45)40(2)34(28)43)33(38(30,37(41)46)22-8-4-3-5-9-22)26-18-19-31(42)25-11-7-6-10-24(25)26/h3-16,18-19,28-30,32-33,39,42H,17,20H2,1-2H3/t28-,29+,30-,32-,33-,38+/m0/s1. The van der Waals surface area contributed by atoms with E-state index in [-0.39, 0.29) is 35.8 Å². The number of fused-ring (bicyclic) bond motifs is 5. The Morgan fingerprint density at radius 3 is 2.22 bits per heavy atom. The van der Waals surface area contributed by atoms with Crippen molar-refractivity contribution in [2.75, 3.05) is 12.5 Å². The second-order valence-corrected chi connectivity index (χ2v) is 13.0.